The van der Waals surface area contributed by atoms with E-state index in [2.05, 4.69) is 21.0 Å². The Morgan fingerprint density at radius 3 is 2.88 bits per heavy atom. The molecule has 0 spiro atoms. The second-order valence-electron chi connectivity index (χ2n) is 4.28. The average molecular weight is 296 g/mol. The van der Waals surface area contributed by atoms with Gasteiger partial charge in [0.15, 0.2) is 0 Å². The molecule has 3 rings (SSSR count). The molecule has 0 bridgehead atoms. The number of hydrogen-bond acceptors (Lipinski definition) is 2. The van der Waals surface area contributed by atoms with Crippen LogP contribution in [0.1, 0.15) is 24.5 Å². The molecule has 0 saturated heterocycles. The molecular weight excluding hydrogens is 285 g/mol. The Morgan fingerprint density at radius 2 is 2.18 bits per heavy atom. The molecule has 1 fully saturated rings. The van der Waals surface area contributed by atoms with Crippen LogP contribution in [0.2, 0.25) is 0 Å². The van der Waals surface area contributed by atoms with Crippen molar-refractivity contribution in [3.8, 4) is 5.69 Å². The van der Waals surface area contributed by atoms with Crippen LogP contribution >= 0.6 is 15.9 Å². The predicted octanol–water partition coefficient (Wildman–Crippen LogP) is 3.23. The van der Waals surface area contributed by atoms with Crippen LogP contribution in [0.4, 0.5) is 10.1 Å². The minimum absolute atomic E-state index is 0.360. The van der Waals surface area contributed by atoms with Gasteiger partial charge in [-0.15, -0.1) is 0 Å². The van der Waals surface area contributed by atoms with Gasteiger partial charge in [-0.2, -0.15) is 5.10 Å². The summed E-state index contributed by atoms with van der Waals surface area (Å²) in [6.07, 6.45) is 4.28. The smallest absolute Gasteiger partial charge is 0.139 e. The summed E-state index contributed by atoms with van der Waals surface area (Å²) in [6.45, 7) is 0. The molecule has 1 saturated carbocycles. The van der Waals surface area contributed by atoms with E-state index in [1.165, 1.54) is 18.9 Å². The maximum absolute atomic E-state index is 13.3. The van der Waals surface area contributed by atoms with E-state index >= 15 is 0 Å². The first-order valence-corrected chi connectivity index (χ1v) is 6.25. The summed E-state index contributed by atoms with van der Waals surface area (Å²) >= 11 is 3.15. The average Bonchev–Trinajstić information content (AvgIpc) is 3.03. The highest BCUT2D eigenvalue weighted by Crippen LogP contribution is 2.39. The monoisotopic (exact) mass is 295 g/mol. The number of nitrogens with two attached hydrogens (primary N) is 1. The van der Waals surface area contributed by atoms with Gasteiger partial charge >= 0.3 is 0 Å². The first kappa shape index (κ1) is 10.8. The number of benzene rings is 1. The third kappa shape index (κ3) is 1.95. The second kappa shape index (κ2) is 3.84. The number of nitrogen functional groups attached to an aromatic ring is 1. The molecule has 17 heavy (non-hydrogen) atoms. The SMILES string of the molecule is Nc1cc(F)c(Br)cc1-n1ccc(C2CC2)n1. The zero-order chi connectivity index (χ0) is 12.0. The van der Waals surface area contributed by atoms with E-state index in [-0.39, 0.29) is 5.82 Å². The van der Waals surface area contributed by atoms with Gasteiger partial charge in [-0.05, 0) is 40.9 Å². The summed E-state index contributed by atoms with van der Waals surface area (Å²) < 4.78 is 15.4. The molecule has 0 atom stereocenters. The van der Waals surface area contributed by atoms with Crippen molar-refractivity contribution in [1.82, 2.24) is 9.78 Å². The molecular formula is C12H11BrFN3. The van der Waals surface area contributed by atoms with Crippen molar-refractivity contribution in [3.05, 3.63) is 40.4 Å². The van der Waals surface area contributed by atoms with E-state index in [9.17, 15) is 4.39 Å². The minimum Gasteiger partial charge on any atom is -0.397 e. The standard InChI is InChI=1S/C12H11BrFN3/c13-8-5-12(10(15)6-9(8)14)17-4-3-11(16-17)7-1-2-7/h3-7H,1-2,15H2. The van der Waals surface area contributed by atoms with Crippen molar-refractivity contribution in [2.75, 3.05) is 5.73 Å². The van der Waals surface area contributed by atoms with E-state index in [0.29, 0.717) is 21.8 Å². The van der Waals surface area contributed by atoms with Gasteiger partial charge < -0.3 is 5.73 Å². The molecule has 1 aromatic heterocycles. The maximum atomic E-state index is 13.3. The van der Waals surface area contributed by atoms with Crippen molar-refractivity contribution < 1.29 is 4.39 Å². The zero-order valence-corrected chi connectivity index (χ0v) is 10.6. The van der Waals surface area contributed by atoms with Crippen LogP contribution in [0.15, 0.2) is 28.9 Å². The first-order valence-electron chi connectivity index (χ1n) is 5.45. The number of halogens is 2. The number of aromatic nitrogens is 2. The summed E-state index contributed by atoms with van der Waals surface area (Å²) in [6, 6.07) is 4.95. The lowest BCUT2D eigenvalue weighted by molar-refractivity contribution is 0.621. The summed E-state index contributed by atoms with van der Waals surface area (Å²) in [4.78, 5) is 0. The third-order valence-corrected chi connectivity index (χ3v) is 3.53. The van der Waals surface area contributed by atoms with Crippen molar-refractivity contribution >= 4 is 21.6 Å². The van der Waals surface area contributed by atoms with Crippen molar-refractivity contribution in [1.29, 1.82) is 0 Å². The highest BCUT2D eigenvalue weighted by molar-refractivity contribution is 9.10. The largest absolute Gasteiger partial charge is 0.397 e. The molecule has 2 N–H and O–H groups in total. The van der Waals surface area contributed by atoms with Crippen LogP contribution in [0, 0.1) is 5.82 Å². The fourth-order valence-corrected chi connectivity index (χ4v) is 2.15. The van der Waals surface area contributed by atoms with Gasteiger partial charge in [0.05, 0.1) is 21.5 Å². The van der Waals surface area contributed by atoms with Crippen molar-refractivity contribution in [2.24, 2.45) is 0 Å². The molecule has 5 heteroatoms. The fraction of sp³-hybridized carbons (Fsp3) is 0.250. The van der Waals surface area contributed by atoms with Crippen LogP contribution < -0.4 is 5.73 Å². The van der Waals surface area contributed by atoms with Crippen molar-refractivity contribution in [3.63, 3.8) is 0 Å². The van der Waals surface area contributed by atoms with Crippen LogP contribution in [-0.2, 0) is 0 Å². The molecule has 1 heterocycles. The summed E-state index contributed by atoms with van der Waals surface area (Å²) in [7, 11) is 0. The molecule has 0 aliphatic heterocycles. The third-order valence-electron chi connectivity index (χ3n) is 2.92. The molecule has 3 nitrogen and oxygen atoms in total. The van der Waals surface area contributed by atoms with E-state index in [0.717, 1.165) is 5.69 Å². The van der Waals surface area contributed by atoms with Crippen LogP contribution in [0.25, 0.3) is 5.69 Å². The summed E-state index contributed by atoms with van der Waals surface area (Å²) in [5.74, 6) is 0.238. The van der Waals surface area contributed by atoms with Crippen LogP contribution in [-0.4, -0.2) is 9.78 Å². The summed E-state index contributed by atoms with van der Waals surface area (Å²) in [5.41, 5.74) is 7.97. The van der Waals surface area contributed by atoms with Gasteiger partial charge in [0.1, 0.15) is 5.82 Å². The molecule has 1 aromatic carbocycles. The number of nitrogens with zero attached hydrogens (tertiary/aromatic N) is 2. The Bertz CT molecular complexity index is 575. The van der Waals surface area contributed by atoms with E-state index in [1.54, 1.807) is 10.7 Å². The van der Waals surface area contributed by atoms with E-state index < -0.39 is 0 Å². The minimum atomic E-state index is -0.360. The number of hydrogen-bond donors (Lipinski definition) is 1. The lowest BCUT2D eigenvalue weighted by atomic mass is 10.2. The highest BCUT2D eigenvalue weighted by atomic mass is 79.9. The number of anilines is 1. The van der Waals surface area contributed by atoms with Crippen LogP contribution in [0.5, 0.6) is 0 Å². The first-order chi connectivity index (χ1) is 8.15. The van der Waals surface area contributed by atoms with Gasteiger partial charge in [-0.1, -0.05) is 0 Å². The fourth-order valence-electron chi connectivity index (χ4n) is 1.82. The maximum Gasteiger partial charge on any atom is 0.139 e. The van der Waals surface area contributed by atoms with Gasteiger partial charge in [0.25, 0.3) is 0 Å². The normalized spacial score (nSPS) is 15.2. The summed E-state index contributed by atoms with van der Waals surface area (Å²) in [5, 5.41) is 4.47. The lowest BCUT2D eigenvalue weighted by Crippen LogP contribution is -2.02. The lowest BCUT2D eigenvalue weighted by Gasteiger charge is -2.07. The van der Waals surface area contributed by atoms with Crippen LogP contribution in [0.3, 0.4) is 0 Å². The Labute approximate surface area is 107 Å². The van der Waals surface area contributed by atoms with Gasteiger partial charge in [-0.25, -0.2) is 9.07 Å². The second-order valence-corrected chi connectivity index (χ2v) is 5.14. The molecule has 1 aliphatic carbocycles. The number of rotatable bonds is 2. The Balaban J connectivity index is 2.04. The highest BCUT2D eigenvalue weighted by Gasteiger charge is 2.26. The van der Waals surface area contributed by atoms with Crippen molar-refractivity contribution in [2.45, 2.75) is 18.8 Å². The predicted molar refractivity (Wildman–Crippen MR) is 67.6 cm³/mol. The zero-order valence-electron chi connectivity index (χ0n) is 9.03. The molecule has 88 valence electrons. The Hall–Kier alpha value is -1.36. The molecule has 0 radical (unpaired) electrons. The van der Waals surface area contributed by atoms with E-state index in [1.807, 2.05) is 12.3 Å². The topological polar surface area (TPSA) is 43.8 Å². The Morgan fingerprint density at radius 1 is 1.41 bits per heavy atom. The molecule has 0 unspecified atom stereocenters. The molecule has 2 aromatic rings. The Kier molecular flexibility index (Phi) is 2.43. The van der Waals surface area contributed by atoms with Gasteiger partial charge in [0.2, 0.25) is 0 Å². The van der Waals surface area contributed by atoms with Gasteiger partial charge in [0, 0.05) is 18.2 Å². The molecule has 0 amide bonds. The van der Waals surface area contributed by atoms with Gasteiger partial charge in [-0.3, -0.25) is 0 Å². The quantitative estimate of drug-likeness (QED) is 0.865. The molecule has 1 aliphatic rings. The van der Waals surface area contributed by atoms with E-state index in [4.69, 9.17) is 5.73 Å².